The Morgan fingerprint density at radius 1 is 1.04 bits per heavy atom. The van der Waals surface area contributed by atoms with Crippen LogP contribution in [0.2, 0.25) is 0 Å². The molecule has 4 rings (SSSR count). The van der Waals surface area contributed by atoms with Crippen LogP contribution in [-0.4, -0.2) is 25.6 Å². The fourth-order valence-corrected chi connectivity index (χ4v) is 3.25. The quantitative estimate of drug-likeness (QED) is 0.733. The van der Waals surface area contributed by atoms with Crippen LogP contribution < -0.4 is 11.1 Å². The van der Waals surface area contributed by atoms with Crippen molar-refractivity contribution in [2.45, 2.75) is 58.0 Å². The molecule has 0 saturated heterocycles. The van der Waals surface area contributed by atoms with Crippen LogP contribution in [0.1, 0.15) is 45.4 Å². The molecule has 0 aliphatic heterocycles. The van der Waals surface area contributed by atoms with Crippen molar-refractivity contribution in [1.29, 1.82) is 0 Å². The van der Waals surface area contributed by atoms with Crippen molar-refractivity contribution in [3.05, 3.63) is 42.7 Å². The number of hydrogen-bond acceptors (Lipinski definition) is 5. The summed E-state index contributed by atoms with van der Waals surface area (Å²) < 4.78 is 2.04. The third kappa shape index (κ3) is 4.71. The zero-order chi connectivity index (χ0) is 18.2. The average Bonchev–Trinajstić information content (AvgIpc) is 3.08. The van der Waals surface area contributed by atoms with Gasteiger partial charge in [-0.15, -0.1) is 0 Å². The van der Waals surface area contributed by atoms with E-state index in [9.17, 15) is 0 Å². The van der Waals surface area contributed by atoms with Gasteiger partial charge in [-0.3, -0.25) is 0 Å². The van der Waals surface area contributed by atoms with Gasteiger partial charge in [0, 0.05) is 12.6 Å². The smallest absolute Gasteiger partial charge is 0.226 e. The molecule has 1 fully saturated rings. The molecule has 6 heteroatoms. The molecule has 0 atom stereocenters. The number of aromatic nitrogens is 4. The number of aryl methyl sites for hydroxylation is 1. The van der Waals surface area contributed by atoms with Crippen molar-refractivity contribution in [2.24, 2.45) is 0 Å². The van der Waals surface area contributed by atoms with Crippen LogP contribution in [0.15, 0.2) is 42.7 Å². The number of nitrogens with zero attached hydrogens (tertiary/aromatic N) is 4. The van der Waals surface area contributed by atoms with Crippen molar-refractivity contribution in [2.75, 3.05) is 11.1 Å². The topological polar surface area (TPSA) is 81.7 Å². The molecule has 138 valence electrons. The van der Waals surface area contributed by atoms with E-state index in [1.54, 1.807) is 6.33 Å². The van der Waals surface area contributed by atoms with Gasteiger partial charge in [0.15, 0.2) is 11.5 Å². The lowest BCUT2D eigenvalue weighted by Gasteiger charge is -2.22. The molecule has 1 saturated carbocycles. The van der Waals surface area contributed by atoms with Gasteiger partial charge in [-0.1, -0.05) is 62.6 Å². The second kappa shape index (κ2) is 9.17. The van der Waals surface area contributed by atoms with Crippen molar-refractivity contribution in [1.82, 2.24) is 19.5 Å². The van der Waals surface area contributed by atoms with E-state index >= 15 is 0 Å². The number of nitrogens with one attached hydrogen (secondary N) is 1. The average molecular weight is 352 g/mol. The highest BCUT2D eigenvalue weighted by Crippen LogP contribution is 2.23. The molecule has 2 aromatic heterocycles. The van der Waals surface area contributed by atoms with E-state index in [1.807, 2.05) is 41.0 Å². The molecule has 1 aliphatic rings. The highest BCUT2D eigenvalue weighted by Gasteiger charge is 2.16. The number of rotatable bonds is 4. The lowest BCUT2D eigenvalue weighted by Crippen LogP contribution is -2.23. The predicted octanol–water partition coefficient (Wildman–Crippen LogP) is 4.25. The molecular weight excluding hydrogens is 324 g/mol. The van der Waals surface area contributed by atoms with Gasteiger partial charge in [-0.25, -0.2) is 4.98 Å². The van der Waals surface area contributed by atoms with Gasteiger partial charge in [0.2, 0.25) is 5.95 Å². The molecular formula is C20H28N6. The van der Waals surface area contributed by atoms with Crippen molar-refractivity contribution in [3.8, 4) is 0 Å². The molecule has 2 heterocycles. The van der Waals surface area contributed by atoms with Crippen molar-refractivity contribution >= 4 is 22.9 Å². The maximum Gasteiger partial charge on any atom is 0.226 e. The molecule has 1 aromatic carbocycles. The van der Waals surface area contributed by atoms with Gasteiger partial charge < -0.3 is 15.6 Å². The Morgan fingerprint density at radius 3 is 2.31 bits per heavy atom. The summed E-state index contributed by atoms with van der Waals surface area (Å²) in [5, 5.41) is 3.43. The number of imidazole rings is 1. The van der Waals surface area contributed by atoms with E-state index in [2.05, 4.69) is 27.2 Å². The minimum absolute atomic E-state index is 0.461. The Bertz CT molecular complexity index is 766. The second-order valence-electron chi connectivity index (χ2n) is 6.68. The van der Waals surface area contributed by atoms with E-state index in [0.717, 1.165) is 18.6 Å². The minimum atomic E-state index is 0.461. The number of nitrogens with two attached hydrogens (primary N) is 1. The SMILES string of the molecule is CCCn1cnc2c(N)nc(NC3CCCCC3)nc21.c1ccccc1. The summed E-state index contributed by atoms with van der Waals surface area (Å²) >= 11 is 0. The van der Waals surface area contributed by atoms with E-state index in [-0.39, 0.29) is 0 Å². The van der Waals surface area contributed by atoms with Crippen LogP contribution in [0, 0.1) is 0 Å². The van der Waals surface area contributed by atoms with Crippen LogP contribution in [0.3, 0.4) is 0 Å². The first-order valence-electron chi connectivity index (χ1n) is 9.53. The Labute approximate surface area is 154 Å². The molecule has 0 bridgehead atoms. The first-order valence-corrected chi connectivity index (χ1v) is 9.53. The fraction of sp³-hybridized carbons (Fsp3) is 0.450. The summed E-state index contributed by atoms with van der Waals surface area (Å²) in [4.78, 5) is 13.3. The Hall–Kier alpha value is -2.63. The molecule has 3 aromatic rings. The largest absolute Gasteiger partial charge is 0.382 e. The molecule has 0 radical (unpaired) electrons. The second-order valence-corrected chi connectivity index (χ2v) is 6.68. The van der Waals surface area contributed by atoms with Crippen LogP contribution in [0.4, 0.5) is 11.8 Å². The predicted molar refractivity (Wildman–Crippen MR) is 107 cm³/mol. The van der Waals surface area contributed by atoms with Gasteiger partial charge >= 0.3 is 0 Å². The maximum atomic E-state index is 6.00. The lowest BCUT2D eigenvalue weighted by atomic mass is 9.96. The van der Waals surface area contributed by atoms with Crippen LogP contribution >= 0.6 is 0 Å². The molecule has 0 spiro atoms. The summed E-state index contributed by atoms with van der Waals surface area (Å²) in [6.45, 7) is 3.04. The fourth-order valence-electron chi connectivity index (χ4n) is 3.25. The number of anilines is 2. The minimum Gasteiger partial charge on any atom is -0.382 e. The molecule has 6 nitrogen and oxygen atoms in total. The number of fused-ring (bicyclic) bond motifs is 1. The molecule has 3 N–H and O–H groups in total. The van der Waals surface area contributed by atoms with Crippen LogP contribution in [0.25, 0.3) is 11.2 Å². The Kier molecular flexibility index (Phi) is 6.41. The summed E-state index contributed by atoms with van der Waals surface area (Å²) in [5.41, 5.74) is 7.54. The first-order chi connectivity index (χ1) is 12.8. The van der Waals surface area contributed by atoms with Gasteiger partial charge in [-0.2, -0.15) is 9.97 Å². The first kappa shape index (κ1) is 18.2. The summed E-state index contributed by atoms with van der Waals surface area (Å²) in [6, 6.07) is 12.5. The highest BCUT2D eigenvalue weighted by atomic mass is 15.2. The van der Waals surface area contributed by atoms with Gasteiger partial charge in [-0.05, 0) is 19.3 Å². The van der Waals surface area contributed by atoms with Gasteiger partial charge in [0.1, 0.15) is 5.52 Å². The third-order valence-electron chi connectivity index (χ3n) is 4.56. The highest BCUT2D eigenvalue weighted by molar-refractivity contribution is 5.82. The van der Waals surface area contributed by atoms with E-state index < -0.39 is 0 Å². The third-order valence-corrected chi connectivity index (χ3v) is 4.56. The monoisotopic (exact) mass is 352 g/mol. The number of nitrogen functional groups attached to an aromatic ring is 1. The Balaban J connectivity index is 0.000000278. The molecule has 0 unspecified atom stereocenters. The van der Waals surface area contributed by atoms with Crippen LogP contribution in [0.5, 0.6) is 0 Å². The summed E-state index contributed by atoms with van der Waals surface area (Å²) in [6.07, 6.45) is 9.12. The van der Waals surface area contributed by atoms with Gasteiger partial charge in [0.25, 0.3) is 0 Å². The normalized spacial score (nSPS) is 14.7. The lowest BCUT2D eigenvalue weighted by molar-refractivity contribution is 0.461. The van der Waals surface area contributed by atoms with Crippen LogP contribution in [-0.2, 0) is 6.54 Å². The van der Waals surface area contributed by atoms with Crippen molar-refractivity contribution < 1.29 is 0 Å². The number of benzene rings is 1. The zero-order valence-corrected chi connectivity index (χ0v) is 15.4. The summed E-state index contributed by atoms with van der Waals surface area (Å²) in [7, 11) is 0. The molecule has 26 heavy (non-hydrogen) atoms. The molecule has 0 amide bonds. The zero-order valence-electron chi connectivity index (χ0n) is 15.4. The maximum absolute atomic E-state index is 6.00. The van der Waals surface area contributed by atoms with E-state index in [1.165, 1.54) is 32.1 Å². The van der Waals surface area contributed by atoms with E-state index in [0.29, 0.717) is 23.3 Å². The Morgan fingerprint density at radius 2 is 1.69 bits per heavy atom. The summed E-state index contributed by atoms with van der Waals surface area (Å²) in [5.74, 6) is 1.10. The molecule has 1 aliphatic carbocycles. The van der Waals surface area contributed by atoms with Crippen molar-refractivity contribution in [3.63, 3.8) is 0 Å². The van der Waals surface area contributed by atoms with Gasteiger partial charge in [0.05, 0.1) is 6.33 Å². The number of hydrogen-bond donors (Lipinski definition) is 2. The standard InChI is InChI=1S/C14H22N6.C6H6/c1-2-8-20-9-16-11-12(15)18-14(19-13(11)20)17-10-6-4-3-5-7-10;1-2-4-6-5-3-1/h9-10H,2-8H2,1H3,(H3,15,17,18,19);1-6H. The van der Waals surface area contributed by atoms with E-state index in [4.69, 9.17) is 5.73 Å².